The number of aliphatic hydroxyl groups is 3. The van der Waals surface area contributed by atoms with Gasteiger partial charge in [-0.2, -0.15) is 5.26 Å². The Labute approximate surface area is 153 Å². The van der Waals surface area contributed by atoms with E-state index in [0.717, 1.165) is 11.8 Å². The zero-order valence-electron chi connectivity index (χ0n) is 13.5. The lowest BCUT2D eigenvalue weighted by Crippen LogP contribution is -2.50. The smallest absolute Gasteiger partial charge is 0.215 e. The van der Waals surface area contributed by atoms with E-state index in [4.69, 9.17) is 10.00 Å². The highest BCUT2D eigenvalue weighted by Crippen LogP contribution is 2.30. The lowest BCUT2D eigenvalue weighted by atomic mass is 10.1. The quantitative estimate of drug-likeness (QED) is 0.671. The van der Waals surface area contributed by atoms with Gasteiger partial charge >= 0.3 is 0 Å². The summed E-state index contributed by atoms with van der Waals surface area (Å²) in [4.78, 5) is 16.8. The molecule has 4 atom stereocenters. The molecule has 1 fully saturated rings. The number of thioether (sulfide) groups is 1. The van der Waals surface area contributed by atoms with Gasteiger partial charge in [0.15, 0.2) is 16.9 Å². The Kier molecular flexibility index (Phi) is 5.54. The van der Waals surface area contributed by atoms with Gasteiger partial charge < -0.3 is 20.1 Å². The molecule has 1 aliphatic rings. The number of nitrogens with zero attached hydrogens (tertiary/aromatic N) is 2. The van der Waals surface area contributed by atoms with Gasteiger partial charge in [0, 0.05) is 17.5 Å². The van der Waals surface area contributed by atoms with Crippen molar-refractivity contribution in [2.45, 2.75) is 23.7 Å². The summed E-state index contributed by atoms with van der Waals surface area (Å²) in [5, 5.41) is 38.3. The molecule has 8 heteroatoms. The van der Waals surface area contributed by atoms with Crippen molar-refractivity contribution in [1.82, 2.24) is 4.98 Å². The molecule has 1 aliphatic heterocycles. The number of ether oxygens (including phenoxy) is 1. The summed E-state index contributed by atoms with van der Waals surface area (Å²) in [6.07, 6.45) is -2.21. The van der Waals surface area contributed by atoms with Crippen LogP contribution in [0.1, 0.15) is 21.6 Å². The Morgan fingerprint density at radius 1 is 1.19 bits per heavy atom. The van der Waals surface area contributed by atoms with Crippen LogP contribution in [0.3, 0.4) is 0 Å². The van der Waals surface area contributed by atoms with E-state index in [1.165, 1.54) is 30.5 Å². The molecule has 0 unspecified atom stereocenters. The van der Waals surface area contributed by atoms with Crippen LogP contribution in [0.25, 0.3) is 0 Å². The maximum Gasteiger partial charge on any atom is 0.215 e. The Hall–Kier alpha value is -2.44. The molecule has 0 bridgehead atoms. The van der Waals surface area contributed by atoms with E-state index in [2.05, 4.69) is 4.98 Å². The summed E-state index contributed by atoms with van der Waals surface area (Å²) in [5.74, 6) is -0.0230. The van der Waals surface area contributed by atoms with Crippen LogP contribution in [0.4, 0.5) is 0 Å². The molecule has 1 aromatic carbocycles. The van der Waals surface area contributed by atoms with E-state index in [0.29, 0.717) is 11.1 Å². The van der Waals surface area contributed by atoms with Crippen molar-refractivity contribution in [2.24, 2.45) is 0 Å². The average Bonchev–Trinajstić information content (AvgIpc) is 2.68. The maximum absolute atomic E-state index is 12.7. The molecule has 1 saturated heterocycles. The second-order valence-corrected chi connectivity index (χ2v) is 6.87. The number of pyridine rings is 1. The van der Waals surface area contributed by atoms with Gasteiger partial charge in [-0.25, -0.2) is 4.98 Å². The molecule has 0 aliphatic carbocycles. The topological polar surface area (TPSA) is 124 Å². The Balaban J connectivity index is 1.84. The molecule has 134 valence electrons. The first kappa shape index (κ1) is 18.4. The van der Waals surface area contributed by atoms with Crippen molar-refractivity contribution in [3.63, 3.8) is 0 Å². The third-order valence-electron chi connectivity index (χ3n) is 3.96. The van der Waals surface area contributed by atoms with Crippen molar-refractivity contribution in [3.05, 3.63) is 59.4 Å². The summed E-state index contributed by atoms with van der Waals surface area (Å²) < 4.78 is 5.71. The lowest BCUT2D eigenvalue weighted by Gasteiger charge is -2.34. The zero-order chi connectivity index (χ0) is 18.7. The predicted octanol–water partition coefficient (Wildman–Crippen LogP) is 0.719. The molecule has 3 rings (SSSR count). The molecule has 2 aromatic rings. The van der Waals surface area contributed by atoms with Crippen LogP contribution in [0.15, 0.2) is 42.6 Å². The highest BCUT2D eigenvalue weighted by molar-refractivity contribution is 7.99. The number of benzene rings is 1. The van der Waals surface area contributed by atoms with Crippen LogP contribution >= 0.6 is 11.8 Å². The minimum Gasteiger partial charge on any atom is -0.475 e. The molecule has 2 heterocycles. The summed E-state index contributed by atoms with van der Waals surface area (Å²) in [5.41, 5.74) is 0.00362. The molecule has 26 heavy (non-hydrogen) atoms. The van der Waals surface area contributed by atoms with E-state index in [1.54, 1.807) is 12.1 Å². The summed E-state index contributed by atoms with van der Waals surface area (Å²) in [7, 11) is 0. The van der Waals surface area contributed by atoms with Crippen LogP contribution in [-0.2, 0) is 0 Å². The van der Waals surface area contributed by atoms with Crippen molar-refractivity contribution in [2.75, 3.05) is 5.75 Å². The Morgan fingerprint density at radius 2 is 1.92 bits per heavy atom. The van der Waals surface area contributed by atoms with E-state index >= 15 is 0 Å². The standard InChI is InChI=1S/C18H16N2O5S/c19-8-10-3-5-11(6-4-10)15(22)14-13(2-1-7-20-14)25-18-17(24)16(23)12(21)9-26-18/h1-7,12,16-18,21,23-24H,9H2/t12-,16+,17-,18+/m1/s1. The van der Waals surface area contributed by atoms with Crippen molar-refractivity contribution in [3.8, 4) is 11.8 Å². The van der Waals surface area contributed by atoms with Crippen molar-refractivity contribution < 1.29 is 24.9 Å². The average molecular weight is 372 g/mol. The number of rotatable bonds is 4. The van der Waals surface area contributed by atoms with Gasteiger partial charge in [-0.05, 0) is 36.4 Å². The Bertz CT molecular complexity index is 836. The second-order valence-electron chi connectivity index (χ2n) is 5.74. The van der Waals surface area contributed by atoms with Crippen LogP contribution in [0.5, 0.6) is 5.75 Å². The molecule has 0 spiro atoms. The molecule has 0 radical (unpaired) electrons. The van der Waals surface area contributed by atoms with Gasteiger partial charge in [0.2, 0.25) is 5.78 Å². The number of aliphatic hydroxyl groups excluding tert-OH is 3. The van der Waals surface area contributed by atoms with Crippen molar-refractivity contribution in [1.29, 1.82) is 5.26 Å². The molecule has 0 saturated carbocycles. The first-order chi connectivity index (χ1) is 12.5. The largest absolute Gasteiger partial charge is 0.475 e. The monoisotopic (exact) mass is 372 g/mol. The number of carbonyl (C=O) groups is 1. The first-order valence-corrected chi connectivity index (χ1v) is 8.88. The lowest BCUT2D eigenvalue weighted by molar-refractivity contribution is -0.0787. The van der Waals surface area contributed by atoms with Crippen molar-refractivity contribution >= 4 is 17.5 Å². The molecular weight excluding hydrogens is 356 g/mol. The van der Waals surface area contributed by atoms with Crippen LogP contribution < -0.4 is 4.74 Å². The minimum atomic E-state index is -1.32. The van der Waals surface area contributed by atoms with E-state index in [-0.39, 0.29) is 23.0 Å². The van der Waals surface area contributed by atoms with Crippen LogP contribution in [-0.4, -0.2) is 55.6 Å². The Morgan fingerprint density at radius 3 is 2.62 bits per heavy atom. The van der Waals surface area contributed by atoms with E-state index in [1.807, 2.05) is 6.07 Å². The third kappa shape index (κ3) is 3.71. The number of hydrogen-bond donors (Lipinski definition) is 3. The fourth-order valence-electron chi connectivity index (χ4n) is 2.50. The highest BCUT2D eigenvalue weighted by atomic mass is 32.2. The molecule has 0 amide bonds. The minimum absolute atomic E-state index is 0.0608. The number of aromatic nitrogens is 1. The number of carbonyl (C=O) groups excluding carboxylic acids is 1. The fraction of sp³-hybridized carbons (Fsp3) is 0.278. The predicted molar refractivity (Wildman–Crippen MR) is 93.7 cm³/mol. The van der Waals surface area contributed by atoms with Gasteiger partial charge in [-0.3, -0.25) is 4.79 Å². The van der Waals surface area contributed by atoms with Gasteiger partial charge in [-0.15, -0.1) is 11.8 Å². The summed E-state index contributed by atoms with van der Waals surface area (Å²) in [6, 6.07) is 11.3. The number of ketones is 1. The van der Waals surface area contributed by atoms with Gasteiger partial charge in [0.1, 0.15) is 12.2 Å². The van der Waals surface area contributed by atoms with Gasteiger partial charge in [0.25, 0.3) is 0 Å². The molecule has 3 N–H and O–H groups in total. The van der Waals surface area contributed by atoms with E-state index < -0.39 is 23.7 Å². The highest BCUT2D eigenvalue weighted by Gasteiger charge is 2.39. The molecule has 7 nitrogen and oxygen atoms in total. The summed E-state index contributed by atoms with van der Waals surface area (Å²) in [6.45, 7) is 0. The zero-order valence-corrected chi connectivity index (χ0v) is 14.3. The number of nitriles is 1. The van der Waals surface area contributed by atoms with Crippen LogP contribution in [0, 0.1) is 11.3 Å². The first-order valence-electron chi connectivity index (χ1n) is 7.83. The maximum atomic E-state index is 12.7. The third-order valence-corrected chi connectivity index (χ3v) is 5.20. The second kappa shape index (κ2) is 7.85. The van der Waals surface area contributed by atoms with Gasteiger partial charge in [0.05, 0.1) is 17.7 Å². The number of hydrogen-bond acceptors (Lipinski definition) is 8. The van der Waals surface area contributed by atoms with Crippen LogP contribution in [0.2, 0.25) is 0 Å². The van der Waals surface area contributed by atoms with E-state index in [9.17, 15) is 20.1 Å². The normalized spacial score (nSPS) is 25.3. The summed E-state index contributed by atoms with van der Waals surface area (Å²) >= 11 is 1.14. The SMILES string of the molecule is N#Cc1ccc(C(=O)c2ncccc2O[C@H]2SC[C@@H](O)[C@H](O)[C@H]2O)cc1. The van der Waals surface area contributed by atoms with Gasteiger partial charge in [-0.1, -0.05) is 0 Å². The molecule has 1 aromatic heterocycles. The molecular formula is C18H16N2O5S. The fourth-order valence-corrected chi connectivity index (χ4v) is 3.61.